The van der Waals surface area contributed by atoms with Gasteiger partial charge in [0, 0.05) is 0 Å². The van der Waals surface area contributed by atoms with Gasteiger partial charge in [-0.05, 0) is 68.6 Å². The van der Waals surface area contributed by atoms with Crippen LogP contribution >= 0.6 is 0 Å². The molecule has 2 atom stereocenters. The van der Waals surface area contributed by atoms with Crippen molar-refractivity contribution in [1.29, 1.82) is 0 Å². The van der Waals surface area contributed by atoms with E-state index in [0.717, 1.165) is 23.7 Å². The summed E-state index contributed by atoms with van der Waals surface area (Å²) in [6.07, 6.45) is 21.4. The molecule has 2 unspecified atom stereocenters. The van der Waals surface area contributed by atoms with Crippen LogP contribution < -0.4 is 0 Å². The van der Waals surface area contributed by atoms with Gasteiger partial charge in [-0.1, -0.05) is 44.4 Å². The summed E-state index contributed by atoms with van der Waals surface area (Å²) in [7, 11) is 0. The van der Waals surface area contributed by atoms with E-state index < -0.39 is 0 Å². The molecule has 1 fully saturated rings. The Kier molecular flexibility index (Phi) is 6.20. The highest BCUT2D eigenvalue weighted by Crippen LogP contribution is 2.40. The average molecular weight is 260 g/mol. The highest BCUT2D eigenvalue weighted by atomic mass is 14.3. The van der Waals surface area contributed by atoms with Gasteiger partial charge >= 0.3 is 0 Å². The molecular formula is C19H32. The fraction of sp³-hybridized carbons (Fsp3) is 0.789. The van der Waals surface area contributed by atoms with Crippen LogP contribution in [0.1, 0.15) is 71.1 Å². The molecule has 0 aromatic heterocycles. The first-order valence-corrected chi connectivity index (χ1v) is 8.62. The molecule has 2 aliphatic rings. The monoisotopic (exact) mass is 260 g/mol. The Morgan fingerprint density at radius 2 is 1.79 bits per heavy atom. The van der Waals surface area contributed by atoms with Crippen molar-refractivity contribution in [2.45, 2.75) is 71.1 Å². The minimum atomic E-state index is 0.894. The molecule has 108 valence electrons. The zero-order valence-electron chi connectivity index (χ0n) is 12.8. The molecule has 0 radical (unpaired) electrons. The summed E-state index contributed by atoms with van der Waals surface area (Å²) in [5.41, 5.74) is 0. The Morgan fingerprint density at radius 3 is 2.37 bits per heavy atom. The number of allylic oxidation sites excluding steroid dienone is 3. The topological polar surface area (TPSA) is 0 Å². The van der Waals surface area contributed by atoms with E-state index in [-0.39, 0.29) is 0 Å². The Hall–Kier alpha value is -0.520. The van der Waals surface area contributed by atoms with E-state index in [0.29, 0.717) is 0 Å². The van der Waals surface area contributed by atoms with Crippen molar-refractivity contribution in [3.8, 4) is 0 Å². The normalized spacial score (nSPS) is 35.2. The highest BCUT2D eigenvalue weighted by molar-refractivity contribution is 5.00. The Balaban J connectivity index is 1.73. The number of hydrogen-bond acceptors (Lipinski definition) is 0. The molecule has 0 aromatic carbocycles. The lowest BCUT2D eigenvalue weighted by molar-refractivity contribution is 0.206. The number of hydrogen-bond donors (Lipinski definition) is 0. The smallest absolute Gasteiger partial charge is 0.0205 e. The number of rotatable bonds is 6. The minimum absolute atomic E-state index is 0.894. The molecule has 0 amide bonds. The maximum absolute atomic E-state index is 3.85. The summed E-state index contributed by atoms with van der Waals surface area (Å²) < 4.78 is 0. The van der Waals surface area contributed by atoms with Crippen LogP contribution in [0.3, 0.4) is 0 Å². The molecule has 2 rings (SSSR count). The van der Waals surface area contributed by atoms with Crippen molar-refractivity contribution in [2.75, 3.05) is 0 Å². The first-order valence-electron chi connectivity index (χ1n) is 8.62. The van der Waals surface area contributed by atoms with Crippen molar-refractivity contribution in [3.05, 3.63) is 24.8 Å². The zero-order valence-corrected chi connectivity index (χ0v) is 12.8. The van der Waals surface area contributed by atoms with Gasteiger partial charge in [0.15, 0.2) is 0 Å². The molecule has 0 spiro atoms. The largest absolute Gasteiger partial charge is 0.103 e. The third-order valence-corrected chi connectivity index (χ3v) is 5.44. The molecule has 19 heavy (non-hydrogen) atoms. The van der Waals surface area contributed by atoms with Gasteiger partial charge in [-0.25, -0.2) is 0 Å². The van der Waals surface area contributed by atoms with Crippen LogP contribution in [0, 0.1) is 23.7 Å². The SMILES string of the molecule is C=CCCC1CCC(C2C=CC(CCC)CC2)CC1. The van der Waals surface area contributed by atoms with E-state index in [4.69, 9.17) is 0 Å². The molecule has 0 heteroatoms. The summed E-state index contributed by atoms with van der Waals surface area (Å²) in [6.45, 7) is 6.16. The van der Waals surface area contributed by atoms with Crippen LogP contribution in [0.25, 0.3) is 0 Å². The van der Waals surface area contributed by atoms with Gasteiger partial charge in [0.1, 0.15) is 0 Å². The summed E-state index contributed by atoms with van der Waals surface area (Å²) in [6, 6.07) is 0. The quantitative estimate of drug-likeness (QED) is 0.503. The van der Waals surface area contributed by atoms with E-state index in [2.05, 4.69) is 31.7 Å². The van der Waals surface area contributed by atoms with Gasteiger partial charge in [-0.3, -0.25) is 0 Å². The summed E-state index contributed by atoms with van der Waals surface area (Å²) in [5.74, 6) is 3.80. The minimum Gasteiger partial charge on any atom is -0.103 e. The lowest BCUT2D eigenvalue weighted by Crippen LogP contribution is -2.23. The Morgan fingerprint density at radius 1 is 1.00 bits per heavy atom. The van der Waals surface area contributed by atoms with Gasteiger partial charge in [0.25, 0.3) is 0 Å². The lowest BCUT2D eigenvalue weighted by Gasteiger charge is -2.35. The first kappa shape index (κ1) is 14.9. The first-order chi connectivity index (χ1) is 9.33. The third kappa shape index (κ3) is 4.51. The van der Waals surface area contributed by atoms with Gasteiger partial charge in [0.05, 0.1) is 0 Å². The second kappa shape index (κ2) is 7.92. The van der Waals surface area contributed by atoms with Crippen LogP contribution in [0.4, 0.5) is 0 Å². The Labute approximate surface area is 120 Å². The fourth-order valence-corrected chi connectivity index (χ4v) is 4.16. The molecule has 0 aliphatic heterocycles. The maximum Gasteiger partial charge on any atom is -0.0205 e. The zero-order chi connectivity index (χ0) is 13.5. The second-order valence-corrected chi connectivity index (χ2v) is 6.82. The lowest BCUT2D eigenvalue weighted by atomic mass is 9.71. The van der Waals surface area contributed by atoms with Gasteiger partial charge < -0.3 is 0 Å². The van der Waals surface area contributed by atoms with Crippen LogP contribution in [-0.4, -0.2) is 0 Å². The van der Waals surface area contributed by atoms with Crippen LogP contribution in [-0.2, 0) is 0 Å². The van der Waals surface area contributed by atoms with Crippen molar-refractivity contribution in [3.63, 3.8) is 0 Å². The molecular weight excluding hydrogens is 228 g/mol. The molecule has 0 nitrogen and oxygen atoms in total. The van der Waals surface area contributed by atoms with E-state index >= 15 is 0 Å². The molecule has 0 saturated heterocycles. The molecule has 0 N–H and O–H groups in total. The summed E-state index contributed by atoms with van der Waals surface area (Å²) in [4.78, 5) is 0. The van der Waals surface area contributed by atoms with Crippen LogP contribution in [0.5, 0.6) is 0 Å². The average Bonchev–Trinajstić information content (AvgIpc) is 2.47. The van der Waals surface area contributed by atoms with E-state index in [1.165, 1.54) is 64.2 Å². The fourth-order valence-electron chi connectivity index (χ4n) is 4.16. The van der Waals surface area contributed by atoms with E-state index in [1.807, 2.05) is 0 Å². The highest BCUT2D eigenvalue weighted by Gasteiger charge is 2.27. The molecule has 0 heterocycles. The molecule has 1 saturated carbocycles. The standard InChI is InChI=1S/C19H32/c1-3-5-7-17-10-14-19(15-11-17)18-12-8-16(6-4-2)9-13-18/h3,8,12,16-19H,1,4-7,9-11,13-15H2,2H3. The summed E-state index contributed by atoms with van der Waals surface area (Å²) >= 11 is 0. The summed E-state index contributed by atoms with van der Waals surface area (Å²) in [5, 5.41) is 0. The van der Waals surface area contributed by atoms with E-state index in [1.54, 1.807) is 0 Å². The molecule has 0 aromatic rings. The second-order valence-electron chi connectivity index (χ2n) is 6.82. The van der Waals surface area contributed by atoms with Crippen LogP contribution in [0.2, 0.25) is 0 Å². The van der Waals surface area contributed by atoms with Crippen molar-refractivity contribution < 1.29 is 0 Å². The van der Waals surface area contributed by atoms with E-state index in [9.17, 15) is 0 Å². The predicted molar refractivity (Wildman–Crippen MR) is 85.1 cm³/mol. The van der Waals surface area contributed by atoms with Crippen molar-refractivity contribution >= 4 is 0 Å². The van der Waals surface area contributed by atoms with Crippen molar-refractivity contribution in [1.82, 2.24) is 0 Å². The van der Waals surface area contributed by atoms with Gasteiger partial charge in [-0.15, -0.1) is 6.58 Å². The molecule has 2 aliphatic carbocycles. The van der Waals surface area contributed by atoms with Crippen molar-refractivity contribution in [2.24, 2.45) is 23.7 Å². The van der Waals surface area contributed by atoms with Crippen LogP contribution in [0.15, 0.2) is 24.8 Å². The van der Waals surface area contributed by atoms with Gasteiger partial charge in [-0.2, -0.15) is 0 Å². The molecule has 0 bridgehead atoms. The van der Waals surface area contributed by atoms with Gasteiger partial charge in [0.2, 0.25) is 0 Å². The Bertz CT molecular complexity index is 280. The maximum atomic E-state index is 3.85. The predicted octanol–water partition coefficient (Wildman–Crippen LogP) is 6.14. The third-order valence-electron chi connectivity index (χ3n) is 5.44.